The molecule has 0 atom stereocenters. The Morgan fingerprint density at radius 2 is 1.90 bits per heavy atom. The van der Waals surface area contributed by atoms with E-state index in [1.807, 2.05) is 36.4 Å². The number of hydrogen-bond acceptors (Lipinski definition) is 3. The second-order valence-corrected chi connectivity index (χ2v) is 5.87. The average Bonchev–Trinajstić information content (AvgIpc) is 2.80. The summed E-state index contributed by atoms with van der Waals surface area (Å²) in [6, 6.07) is 16.1. The lowest BCUT2D eigenvalue weighted by Crippen LogP contribution is -2.18. The monoisotopic (exact) mass is 299 g/mol. The molecular formula is C15H13N3S2. The minimum absolute atomic E-state index is 0.548. The van der Waals surface area contributed by atoms with E-state index in [1.165, 1.54) is 5.56 Å². The number of nitrogens with zero attached hydrogens (tertiary/aromatic N) is 1. The highest BCUT2D eigenvalue weighted by Gasteiger charge is 2.05. The van der Waals surface area contributed by atoms with Gasteiger partial charge >= 0.3 is 0 Å². The van der Waals surface area contributed by atoms with Crippen LogP contribution in [-0.2, 0) is 0 Å². The van der Waals surface area contributed by atoms with Crippen LogP contribution in [0, 0.1) is 6.92 Å². The smallest absolute Gasteiger partial charge is 0.190 e. The van der Waals surface area contributed by atoms with Crippen LogP contribution >= 0.6 is 23.6 Å². The Labute approximate surface area is 126 Å². The van der Waals surface area contributed by atoms with E-state index in [0.717, 1.165) is 21.0 Å². The van der Waals surface area contributed by atoms with Crippen LogP contribution in [0.25, 0.3) is 10.2 Å². The van der Waals surface area contributed by atoms with Crippen molar-refractivity contribution in [3.05, 3.63) is 54.1 Å². The number of thiocarbonyl (C=S) groups is 1. The number of hydrogen-bond donors (Lipinski definition) is 2. The maximum atomic E-state index is 5.29. The molecule has 1 aromatic heterocycles. The molecule has 0 spiro atoms. The highest BCUT2D eigenvalue weighted by molar-refractivity contribution is 7.80. The Balaban J connectivity index is 1.74. The second-order valence-electron chi connectivity index (χ2n) is 4.44. The number of aromatic nitrogens is 1. The lowest BCUT2D eigenvalue weighted by atomic mass is 10.2. The SMILES string of the molecule is Cc1ccc2nc(NC(=S)Nc3ccccc3)sc2c1. The summed E-state index contributed by atoms with van der Waals surface area (Å²) in [6.07, 6.45) is 0. The van der Waals surface area contributed by atoms with Gasteiger partial charge in [0.1, 0.15) is 0 Å². The van der Waals surface area contributed by atoms with E-state index in [2.05, 4.69) is 34.7 Å². The van der Waals surface area contributed by atoms with Crippen molar-refractivity contribution in [2.24, 2.45) is 0 Å². The highest BCUT2D eigenvalue weighted by atomic mass is 32.1. The van der Waals surface area contributed by atoms with Crippen LogP contribution in [0.2, 0.25) is 0 Å². The molecule has 0 amide bonds. The van der Waals surface area contributed by atoms with Crippen LogP contribution in [0.15, 0.2) is 48.5 Å². The third kappa shape index (κ3) is 2.95. The van der Waals surface area contributed by atoms with Gasteiger partial charge in [0.2, 0.25) is 0 Å². The summed E-state index contributed by atoms with van der Waals surface area (Å²) in [5, 5.41) is 7.61. The number of benzene rings is 2. The fourth-order valence-corrected chi connectivity index (χ4v) is 3.11. The third-order valence-electron chi connectivity index (χ3n) is 2.80. The Kier molecular flexibility index (Phi) is 3.62. The molecule has 5 heteroatoms. The number of thiazole rings is 1. The topological polar surface area (TPSA) is 37.0 Å². The van der Waals surface area contributed by atoms with Crippen LogP contribution in [0.5, 0.6) is 0 Å². The van der Waals surface area contributed by atoms with Crippen molar-refractivity contribution >= 4 is 49.7 Å². The largest absolute Gasteiger partial charge is 0.332 e. The Hall–Kier alpha value is -1.98. The molecule has 0 aliphatic rings. The Morgan fingerprint density at radius 3 is 2.70 bits per heavy atom. The van der Waals surface area contributed by atoms with Gasteiger partial charge in [-0.3, -0.25) is 0 Å². The van der Waals surface area contributed by atoms with E-state index < -0.39 is 0 Å². The van der Waals surface area contributed by atoms with Gasteiger partial charge in [0.25, 0.3) is 0 Å². The summed E-state index contributed by atoms with van der Waals surface area (Å²) < 4.78 is 1.16. The van der Waals surface area contributed by atoms with Gasteiger partial charge < -0.3 is 10.6 Å². The van der Waals surface area contributed by atoms with Gasteiger partial charge in [0, 0.05) is 5.69 Å². The summed E-state index contributed by atoms with van der Waals surface area (Å²) in [7, 11) is 0. The first kappa shape index (κ1) is 13.0. The van der Waals surface area contributed by atoms with Crippen molar-refractivity contribution in [2.75, 3.05) is 10.6 Å². The summed E-state index contributed by atoms with van der Waals surface area (Å²) >= 11 is 6.89. The highest BCUT2D eigenvalue weighted by Crippen LogP contribution is 2.26. The summed E-state index contributed by atoms with van der Waals surface area (Å²) in [5.41, 5.74) is 3.19. The van der Waals surface area contributed by atoms with Crippen LogP contribution in [0.3, 0.4) is 0 Å². The number of fused-ring (bicyclic) bond motifs is 1. The molecule has 0 aliphatic heterocycles. The van der Waals surface area contributed by atoms with Gasteiger partial charge in [0.05, 0.1) is 10.2 Å². The van der Waals surface area contributed by atoms with E-state index in [1.54, 1.807) is 11.3 Å². The van der Waals surface area contributed by atoms with Gasteiger partial charge in [-0.15, -0.1) is 0 Å². The van der Waals surface area contributed by atoms with Gasteiger partial charge in [0.15, 0.2) is 10.2 Å². The van der Waals surface area contributed by atoms with Crippen LogP contribution < -0.4 is 10.6 Å². The zero-order valence-electron chi connectivity index (χ0n) is 10.9. The van der Waals surface area contributed by atoms with Crippen LogP contribution in [0.1, 0.15) is 5.56 Å². The number of para-hydroxylation sites is 1. The van der Waals surface area contributed by atoms with Gasteiger partial charge in [-0.25, -0.2) is 4.98 Å². The normalized spacial score (nSPS) is 10.4. The molecule has 0 fully saturated rings. The molecule has 0 unspecified atom stereocenters. The summed E-state index contributed by atoms with van der Waals surface area (Å²) in [6.45, 7) is 2.08. The number of nitrogens with one attached hydrogen (secondary N) is 2. The standard InChI is InChI=1S/C15H13N3S2/c1-10-7-8-12-13(9-10)20-15(17-12)18-14(19)16-11-5-3-2-4-6-11/h2-9H,1H3,(H2,16,17,18,19). The lowest BCUT2D eigenvalue weighted by molar-refractivity contribution is 1.45. The predicted molar refractivity (Wildman–Crippen MR) is 90.6 cm³/mol. The van der Waals surface area contributed by atoms with Crippen molar-refractivity contribution in [3.8, 4) is 0 Å². The maximum absolute atomic E-state index is 5.29. The molecule has 3 nitrogen and oxygen atoms in total. The molecule has 20 heavy (non-hydrogen) atoms. The van der Waals surface area contributed by atoms with Crippen molar-refractivity contribution in [3.63, 3.8) is 0 Å². The van der Waals surface area contributed by atoms with E-state index in [-0.39, 0.29) is 0 Å². The van der Waals surface area contributed by atoms with Gasteiger partial charge in [-0.2, -0.15) is 0 Å². The zero-order valence-corrected chi connectivity index (χ0v) is 12.5. The van der Waals surface area contributed by atoms with Gasteiger partial charge in [-0.05, 0) is 49.0 Å². The Morgan fingerprint density at radius 1 is 1.10 bits per heavy atom. The minimum Gasteiger partial charge on any atom is -0.332 e. The van der Waals surface area contributed by atoms with E-state index in [0.29, 0.717) is 5.11 Å². The minimum atomic E-state index is 0.548. The van der Waals surface area contributed by atoms with E-state index in [9.17, 15) is 0 Å². The van der Waals surface area contributed by atoms with Crippen molar-refractivity contribution in [2.45, 2.75) is 6.92 Å². The number of rotatable bonds is 2. The van der Waals surface area contributed by atoms with Crippen LogP contribution in [0.4, 0.5) is 10.8 Å². The zero-order chi connectivity index (χ0) is 13.9. The summed E-state index contributed by atoms with van der Waals surface area (Å²) in [5.74, 6) is 0. The lowest BCUT2D eigenvalue weighted by Gasteiger charge is -2.07. The fourth-order valence-electron chi connectivity index (χ4n) is 1.87. The predicted octanol–water partition coefficient (Wildman–Crippen LogP) is 4.41. The maximum Gasteiger partial charge on any atom is 0.190 e. The quantitative estimate of drug-likeness (QED) is 0.687. The average molecular weight is 299 g/mol. The molecule has 100 valence electrons. The molecule has 0 saturated carbocycles. The van der Waals surface area contributed by atoms with Crippen molar-refractivity contribution in [1.82, 2.24) is 4.98 Å². The molecule has 2 aromatic carbocycles. The van der Waals surface area contributed by atoms with E-state index >= 15 is 0 Å². The molecule has 0 bridgehead atoms. The second kappa shape index (κ2) is 5.56. The number of aryl methyl sites for hydroxylation is 1. The van der Waals surface area contributed by atoms with E-state index in [4.69, 9.17) is 12.2 Å². The van der Waals surface area contributed by atoms with Crippen molar-refractivity contribution < 1.29 is 0 Å². The molecular weight excluding hydrogens is 286 g/mol. The Bertz CT molecular complexity index is 750. The molecule has 3 rings (SSSR count). The molecule has 3 aromatic rings. The first-order valence-corrected chi connectivity index (χ1v) is 7.43. The molecule has 1 heterocycles. The number of anilines is 2. The third-order valence-corrected chi connectivity index (χ3v) is 3.93. The van der Waals surface area contributed by atoms with Crippen molar-refractivity contribution in [1.29, 1.82) is 0 Å². The molecule has 0 radical (unpaired) electrons. The molecule has 0 saturated heterocycles. The van der Waals surface area contributed by atoms with Crippen LogP contribution in [-0.4, -0.2) is 10.1 Å². The van der Waals surface area contributed by atoms with Gasteiger partial charge in [-0.1, -0.05) is 35.6 Å². The fraction of sp³-hybridized carbons (Fsp3) is 0.0667. The summed E-state index contributed by atoms with van der Waals surface area (Å²) in [4.78, 5) is 4.52. The first-order chi connectivity index (χ1) is 9.70. The molecule has 2 N–H and O–H groups in total. The molecule has 0 aliphatic carbocycles. The first-order valence-electron chi connectivity index (χ1n) is 6.21.